The van der Waals surface area contributed by atoms with Gasteiger partial charge in [0.05, 0.1) is 16.8 Å². The largest absolute Gasteiger partial charge is 0.466 e. The first-order chi connectivity index (χ1) is 13.8. The van der Waals surface area contributed by atoms with Crippen LogP contribution in [0.1, 0.15) is 45.4 Å². The van der Waals surface area contributed by atoms with Crippen molar-refractivity contribution in [1.29, 1.82) is 0 Å². The molecule has 28 heavy (non-hydrogen) atoms. The summed E-state index contributed by atoms with van der Waals surface area (Å²) in [4.78, 5) is 22.9. The van der Waals surface area contributed by atoms with Gasteiger partial charge in [-0.3, -0.25) is 4.79 Å². The predicted octanol–water partition coefficient (Wildman–Crippen LogP) is 5.73. The maximum atomic E-state index is 11.4. The fourth-order valence-corrected chi connectivity index (χ4v) is 4.10. The summed E-state index contributed by atoms with van der Waals surface area (Å²) >= 11 is 1.70. The number of pyridine rings is 1. The number of ether oxygens (including phenoxy) is 1. The van der Waals surface area contributed by atoms with Gasteiger partial charge in [-0.15, -0.1) is 0 Å². The Morgan fingerprint density at radius 1 is 1.04 bits per heavy atom. The number of carbonyl (C=O) groups is 1. The van der Waals surface area contributed by atoms with E-state index in [-0.39, 0.29) is 5.97 Å². The van der Waals surface area contributed by atoms with Gasteiger partial charge in [-0.2, -0.15) is 0 Å². The van der Waals surface area contributed by atoms with Gasteiger partial charge in [0.25, 0.3) is 0 Å². The van der Waals surface area contributed by atoms with Crippen molar-refractivity contribution in [3.8, 4) is 0 Å². The molecule has 0 saturated heterocycles. The molecular weight excluding hydrogens is 370 g/mol. The molecule has 0 amide bonds. The van der Waals surface area contributed by atoms with E-state index in [2.05, 4.69) is 22.0 Å². The van der Waals surface area contributed by atoms with Crippen molar-refractivity contribution >= 4 is 38.5 Å². The molecule has 2 heterocycles. The molecule has 0 spiro atoms. The standard InChI is InChI=1S/C22H27N3O2S/c1-2-27-21(26)15-6-4-3-5-11-17-25(20-14-9-10-16-23-20)22-24-18-12-7-8-13-19(18)28-22/h7-10,12-14,16H,2-6,11,15,17H2,1H3. The summed E-state index contributed by atoms with van der Waals surface area (Å²) in [5.74, 6) is 0.850. The highest BCUT2D eigenvalue weighted by molar-refractivity contribution is 7.22. The van der Waals surface area contributed by atoms with Crippen LogP contribution in [0.2, 0.25) is 0 Å². The summed E-state index contributed by atoms with van der Waals surface area (Å²) in [6, 6.07) is 14.2. The van der Waals surface area contributed by atoms with E-state index in [1.165, 1.54) is 4.70 Å². The lowest BCUT2D eigenvalue weighted by Crippen LogP contribution is -2.19. The fraction of sp³-hybridized carbons (Fsp3) is 0.409. The summed E-state index contributed by atoms with van der Waals surface area (Å²) in [5, 5.41) is 0.988. The van der Waals surface area contributed by atoms with Gasteiger partial charge in [-0.1, -0.05) is 48.8 Å². The number of aromatic nitrogens is 2. The second-order valence-electron chi connectivity index (χ2n) is 6.63. The molecule has 0 fully saturated rings. The van der Waals surface area contributed by atoms with Crippen molar-refractivity contribution in [2.75, 3.05) is 18.1 Å². The van der Waals surface area contributed by atoms with Gasteiger partial charge in [0, 0.05) is 19.2 Å². The van der Waals surface area contributed by atoms with Crippen LogP contribution in [0.3, 0.4) is 0 Å². The van der Waals surface area contributed by atoms with Gasteiger partial charge in [0.1, 0.15) is 5.82 Å². The monoisotopic (exact) mass is 397 g/mol. The molecule has 5 nitrogen and oxygen atoms in total. The average Bonchev–Trinajstić information content (AvgIpc) is 3.14. The van der Waals surface area contributed by atoms with E-state index in [9.17, 15) is 4.79 Å². The average molecular weight is 398 g/mol. The lowest BCUT2D eigenvalue weighted by Gasteiger charge is -2.20. The third-order valence-corrected chi connectivity index (χ3v) is 5.57. The van der Waals surface area contributed by atoms with Crippen LogP contribution >= 0.6 is 11.3 Å². The lowest BCUT2D eigenvalue weighted by molar-refractivity contribution is -0.143. The first-order valence-corrected chi connectivity index (χ1v) is 10.8. The molecule has 0 unspecified atom stereocenters. The van der Waals surface area contributed by atoms with Gasteiger partial charge < -0.3 is 9.64 Å². The van der Waals surface area contributed by atoms with E-state index in [1.54, 1.807) is 11.3 Å². The van der Waals surface area contributed by atoms with Crippen LogP contribution in [0.5, 0.6) is 0 Å². The van der Waals surface area contributed by atoms with Crippen molar-refractivity contribution in [1.82, 2.24) is 9.97 Å². The third-order valence-electron chi connectivity index (χ3n) is 4.51. The van der Waals surface area contributed by atoms with E-state index in [0.717, 1.165) is 55.1 Å². The Morgan fingerprint density at radius 3 is 2.61 bits per heavy atom. The van der Waals surface area contributed by atoms with Crippen LogP contribution in [0.15, 0.2) is 48.7 Å². The van der Waals surface area contributed by atoms with Gasteiger partial charge in [0.15, 0.2) is 5.13 Å². The summed E-state index contributed by atoms with van der Waals surface area (Å²) in [5.41, 5.74) is 1.03. The minimum Gasteiger partial charge on any atom is -0.466 e. The van der Waals surface area contributed by atoms with E-state index < -0.39 is 0 Å². The highest BCUT2D eigenvalue weighted by Gasteiger charge is 2.15. The first-order valence-electron chi connectivity index (χ1n) is 9.97. The van der Waals surface area contributed by atoms with Crippen LogP contribution in [0.4, 0.5) is 10.9 Å². The smallest absolute Gasteiger partial charge is 0.305 e. The number of thiazole rings is 1. The van der Waals surface area contributed by atoms with Gasteiger partial charge >= 0.3 is 5.97 Å². The van der Waals surface area contributed by atoms with Crippen molar-refractivity contribution in [3.63, 3.8) is 0 Å². The number of rotatable bonds is 11. The maximum absolute atomic E-state index is 11.4. The Bertz CT molecular complexity index is 833. The van der Waals surface area contributed by atoms with Crippen molar-refractivity contribution in [2.45, 2.75) is 45.4 Å². The molecule has 148 valence electrons. The lowest BCUT2D eigenvalue weighted by atomic mass is 10.1. The highest BCUT2D eigenvalue weighted by Crippen LogP contribution is 2.32. The minimum absolute atomic E-state index is 0.0836. The molecule has 0 bridgehead atoms. The van der Waals surface area contributed by atoms with E-state index in [4.69, 9.17) is 9.72 Å². The van der Waals surface area contributed by atoms with Crippen LogP contribution in [-0.4, -0.2) is 29.1 Å². The van der Waals surface area contributed by atoms with Crippen molar-refractivity contribution in [3.05, 3.63) is 48.7 Å². The summed E-state index contributed by atoms with van der Waals surface area (Å²) in [6.45, 7) is 3.19. The zero-order chi connectivity index (χ0) is 19.6. The van der Waals surface area contributed by atoms with Crippen molar-refractivity contribution in [2.24, 2.45) is 0 Å². The number of carbonyl (C=O) groups excluding carboxylic acids is 1. The number of nitrogens with zero attached hydrogens (tertiary/aromatic N) is 3. The molecule has 1 aromatic carbocycles. The van der Waals surface area contributed by atoms with Gasteiger partial charge in [0.2, 0.25) is 0 Å². The maximum Gasteiger partial charge on any atom is 0.305 e. The van der Waals surface area contributed by atoms with E-state index >= 15 is 0 Å². The number of unbranched alkanes of at least 4 members (excludes halogenated alkanes) is 4. The summed E-state index contributed by atoms with van der Waals surface area (Å²) < 4.78 is 6.16. The van der Waals surface area contributed by atoms with E-state index in [0.29, 0.717) is 13.0 Å². The Kier molecular flexibility index (Phi) is 7.79. The van der Waals surface area contributed by atoms with Crippen LogP contribution in [0.25, 0.3) is 10.2 Å². The molecule has 0 radical (unpaired) electrons. The molecular formula is C22H27N3O2S. The zero-order valence-corrected chi connectivity index (χ0v) is 17.2. The number of esters is 1. The Hall–Kier alpha value is -2.47. The van der Waals surface area contributed by atoms with Crippen LogP contribution in [-0.2, 0) is 9.53 Å². The number of para-hydroxylation sites is 1. The second kappa shape index (κ2) is 10.8. The number of hydrogen-bond donors (Lipinski definition) is 0. The molecule has 6 heteroatoms. The third kappa shape index (κ3) is 5.76. The topological polar surface area (TPSA) is 55.3 Å². The molecule has 0 atom stereocenters. The number of benzene rings is 1. The highest BCUT2D eigenvalue weighted by atomic mass is 32.1. The van der Waals surface area contributed by atoms with Gasteiger partial charge in [-0.25, -0.2) is 9.97 Å². The number of fused-ring (bicyclic) bond motifs is 1. The predicted molar refractivity (Wildman–Crippen MR) is 115 cm³/mol. The Balaban J connectivity index is 1.53. The number of anilines is 2. The van der Waals surface area contributed by atoms with Gasteiger partial charge in [-0.05, 0) is 44.0 Å². The molecule has 0 aliphatic heterocycles. The SMILES string of the molecule is CCOC(=O)CCCCCCCN(c1ccccn1)c1nc2ccccc2s1. The molecule has 0 N–H and O–H groups in total. The van der Waals surface area contributed by atoms with Crippen molar-refractivity contribution < 1.29 is 9.53 Å². The molecule has 3 aromatic rings. The Morgan fingerprint density at radius 2 is 1.82 bits per heavy atom. The van der Waals surface area contributed by atoms with Crippen LogP contribution in [0, 0.1) is 0 Å². The fourth-order valence-electron chi connectivity index (χ4n) is 3.10. The summed E-state index contributed by atoms with van der Waals surface area (Å²) in [6.07, 6.45) is 7.62. The quantitative estimate of drug-likeness (QED) is 0.305. The van der Waals surface area contributed by atoms with E-state index in [1.807, 2.05) is 43.5 Å². The molecule has 0 aliphatic carbocycles. The summed E-state index contributed by atoms with van der Waals surface area (Å²) in [7, 11) is 0. The zero-order valence-electron chi connectivity index (χ0n) is 16.3. The second-order valence-corrected chi connectivity index (χ2v) is 7.64. The molecule has 0 aliphatic rings. The Labute approximate surface area is 170 Å². The first kappa shape index (κ1) is 20.3. The molecule has 3 rings (SSSR count). The number of hydrogen-bond acceptors (Lipinski definition) is 6. The normalized spacial score (nSPS) is 10.9. The van der Waals surface area contributed by atoms with Crippen LogP contribution < -0.4 is 4.90 Å². The molecule has 0 saturated carbocycles. The molecule has 2 aromatic heterocycles. The minimum atomic E-state index is -0.0836.